The molecule has 0 aliphatic carbocycles. The van der Waals surface area contributed by atoms with E-state index in [1.807, 2.05) is 7.05 Å². The Bertz CT molecular complexity index is 419. The molecular formula is C14H25N3OS. The first kappa shape index (κ1) is 14.8. The summed E-state index contributed by atoms with van der Waals surface area (Å²) in [6.07, 6.45) is 1.10. The standard InChI is InChI=1S/C14H25N3OS/c1-14(2,3)12-11(8-15-4)19-13(16-12)17(5)10-6-7-18-9-10/h10,15H,6-9H2,1-5H3. The third kappa shape index (κ3) is 3.27. The number of hydrogen-bond acceptors (Lipinski definition) is 5. The fourth-order valence-corrected chi connectivity index (χ4v) is 3.66. The highest BCUT2D eigenvalue weighted by molar-refractivity contribution is 7.15. The zero-order valence-corrected chi connectivity index (χ0v) is 13.4. The van der Waals surface area contributed by atoms with Gasteiger partial charge in [0.25, 0.3) is 0 Å². The quantitative estimate of drug-likeness (QED) is 0.920. The van der Waals surface area contributed by atoms with Crippen molar-refractivity contribution in [3.63, 3.8) is 0 Å². The molecule has 2 heterocycles. The van der Waals surface area contributed by atoms with Gasteiger partial charge in [0.05, 0.1) is 18.3 Å². The molecule has 19 heavy (non-hydrogen) atoms. The Morgan fingerprint density at radius 3 is 2.74 bits per heavy atom. The molecular weight excluding hydrogens is 258 g/mol. The van der Waals surface area contributed by atoms with Crippen LogP contribution in [-0.4, -0.2) is 38.3 Å². The van der Waals surface area contributed by atoms with Crippen LogP contribution in [0.1, 0.15) is 37.8 Å². The van der Waals surface area contributed by atoms with Crippen LogP contribution in [0.2, 0.25) is 0 Å². The maximum Gasteiger partial charge on any atom is 0.185 e. The van der Waals surface area contributed by atoms with Crippen LogP contribution in [0.5, 0.6) is 0 Å². The third-order valence-electron chi connectivity index (χ3n) is 3.49. The maximum absolute atomic E-state index is 5.47. The molecule has 0 bridgehead atoms. The van der Waals surface area contributed by atoms with E-state index >= 15 is 0 Å². The first-order valence-electron chi connectivity index (χ1n) is 6.89. The zero-order chi connectivity index (χ0) is 14.0. The monoisotopic (exact) mass is 283 g/mol. The van der Waals surface area contributed by atoms with Gasteiger partial charge in [0, 0.05) is 30.5 Å². The van der Waals surface area contributed by atoms with Crippen molar-refractivity contribution in [3.8, 4) is 0 Å². The van der Waals surface area contributed by atoms with Crippen molar-refractivity contribution in [1.29, 1.82) is 0 Å². The fraction of sp³-hybridized carbons (Fsp3) is 0.786. The van der Waals surface area contributed by atoms with Crippen LogP contribution >= 0.6 is 11.3 Å². The van der Waals surface area contributed by atoms with Crippen LogP contribution in [0, 0.1) is 0 Å². The second-order valence-electron chi connectivity index (χ2n) is 6.18. The Balaban J connectivity index is 2.26. The van der Waals surface area contributed by atoms with Gasteiger partial charge in [0.2, 0.25) is 0 Å². The van der Waals surface area contributed by atoms with Gasteiger partial charge in [-0.1, -0.05) is 20.8 Å². The number of likely N-dealkylation sites (N-methyl/N-ethyl adjacent to an activating group) is 1. The molecule has 0 radical (unpaired) electrons. The highest BCUT2D eigenvalue weighted by atomic mass is 32.1. The molecule has 0 amide bonds. The van der Waals surface area contributed by atoms with Crippen LogP contribution in [0.25, 0.3) is 0 Å². The first-order chi connectivity index (χ1) is 8.93. The number of aromatic nitrogens is 1. The number of rotatable bonds is 4. The zero-order valence-electron chi connectivity index (χ0n) is 12.6. The summed E-state index contributed by atoms with van der Waals surface area (Å²) in [4.78, 5) is 8.52. The molecule has 5 heteroatoms. The summed E-state index contributed by atoms with van der Waals surface area (Å²) in [5.74, 6) is 0. The molecule has 4 nitrogen and oxygen atoms in total. The number of anilines is 1. The Hall–Kier alpha value is -0.650. The molecule has 108 valence electrons. The van der Waals surface area contributed by atoms with Crippen LogP contribution < -0.4 is 10.2 Å². The van der Waals surface area contributed by atoms with Crippen molar-refractivity contribution in [2.45, 2.75) is 45.2 Å². The van der Waals surface area contributed by atoms with Gasteiger partial charge in [-0.3, -0.25) is 0 Å². The van der Waals surface area contributed by atoms with E-state index in [2.05, 4.69) is 38.0 Å². The van der Waals surface area contributed by atoms with E-state index in [0.29, 0.717) is 6.04 Å². The van der Waals surface area contributed by atoms with Gasteiger partial charge in [0.1, 0.15) is 0 Å². The van der Waals surface area contributed by atoms with E-state index in [1.165, 1.54) is 10.6 Å². The number of thiazole rings is 1. The molecule has 1 N–H and O–H groups in total. The molecule has 1 aliphatic rings. The summed E-state index contributed by atoms with van der Waals surface area (Å²) in [6, 6.07) is 0.474. The van der Waals surface area contributed by atoms with Gasteiger partial charge >= 0.3 is 0 Å². The smallest absolute Gasteiger partial charge is 0.185 e. The van der Waals surface area contributed by atoms with Gasteiger partial charge < -0.3 is 15.0 Å². The van der Waals surface area contributed by atoms with Crippen LogP contribution in [-0.2, 0) is 16.7 Å². The Morgan fingerprint density at radius 1 is 1.47 bits per heavy atom. The topological polar surface area (TPSA) is 37.4 Å². The summed E-state index contributed by atoms with van der Waals surface area (Å²) in [5.41, 5.74) is 1.31. The molecule has 1 unspecified atom stereocenters. The van der Waals surface area contributed by atoms with Crippen LogP contribution in [0.4, 0.5) is 5.13 Å². The van der Waals surface area contributed by atoms with E-state index in [-0.39, 0.29) is 5.41 Å². The summed E-state index contributed by atoms with van der Waals surface area (Å²) in [7, 11) is 4.12. The lowest BCUT2D eigenvalue weighted by molar-refractivity contribution is 0.193. The number of nitrogens with zero attached hydrogens (tertiary/aromatic N) is 2. The lowest BCUT2D eigenvalue weighted by Crippen LogP contribution is -2.31. The van der Waals surface area contributed by atoms with E-state index in [9.17, 15) is 0 Å². The molecule has 1 fully saturated rings. The molecule has 0 spiro atoms. The average Bonchev–Trinajstić information content (AvgIpc) is 2.96. The van der Waals surface area contributed by atoms with Crippen molar-refractivity contribution in [1.82, 2.24) is 10.3 Å². The van der Waals surface area contributed by atoms with Gasteiger partial charge in [0.15, 0.2) is 5.13 Å². The average molecular weight is 283 g/mol. The SMILES string of the molecule is CNCc1sc(N(C)C2CCOC2)nc1C(C)(C)C. The minimum absolute atomic E-state index is 0.0912. The summed E-state index contributed by atoms with van der Waals surface area (Å²) in [6.45, 7) is 9.26. The summed E-state index contributed by atoms with van der Waals surface area (Å²) in [5, 5.41) is 4.36. The minimum atomic E-state index is 0.0912. The first-order valence-corrected chi connectivity index (χ1v) is 7.70. The molecule has 1 aromatic heterocycles. The second-order valence-corrected chi connectivity index (χ2v) is 7.24. The van der Waals surface area contributed by atoms with Crippen molar-refractivity contribution in [2.24, 2.45) is 0 Å². The molecule has 1 aliphatic heterocycles. The van der Waals surface area contributed by atoms with Crippen molar-refractivity contribution in [3.05, 3.63) is 10.6 Å². The van der Waals surface area contributed by atoms with Crippen molar-refractivity contribution < 1.29 is 4.74 Å². The Morgan fingerprint density at radius 2 is 2.21 bits per heavy atom. The summed E-state index contributed by atoms with van der Waals surface area (Å²) < 4.78 is 5.47. The van der Waals surface area contributed by atoms with Crippen LogP contribution in [0.15, 0.2) is 0 Å². The Labute approximate surface area is 120 Å². The number of ether oxygens (including phenoxy) is 1. The van der Waals surface area contributed by atoms with Crippen molar-refractivity contribution in [2.75, 3.05) is 32.2 Å². The molecule has 0 aromatic carbocycles. The molecule has 2 rings (SSSR count). The molecule has 0 saturated carbocycles. The van der Waals surface area contributed by atoms with Crippen LogP contribution in [0.3, 0.4) is 0 Å². The minimum Gasteiger partial charge on any atom is -0.379 e. The third-order valence-corrected chi connectivity index (χ3v) is 4.63. The highest BCUT2D eigenvalue weighted by Gasteiger charge is 2.27. The predicted octanol–water partition coefficient (Wildman–Crippen LogP) is 2.39. The lowest BCUT2D eigenvalue weighted by atomic mass is 9.91. The number of hydrogen-bond donors (Lipinski definition) is 1. The fourth-order valence-electron chi connectivity index (χ4n) is 2.34. The molecule has 1 saturated heterocycles. The van der Waals surface area contributed by atoms with E-state index in [4.69, 9.17) is 9.72 Å². The van der Waals surface area contributed by atoms with Crippen molar-refractivity contribution >= 4 is 16.5 Å². The van der Waals surface area contributed by atoms with E-state index in [1.54, 1.807) is 11.3 Å². The van der Waals surface area contributed by atoms with Gasteiger partial charge in [-0.25, -0.2) is 4.98 Å². The predicted molar refractivity (Wildman–Crippen MR) is 81.2 cm³/mol. The van der Waals surface area contributed by atoms with E-state index < -0.39 is 0 Å². The molecule has 1 atom stereocenters. The maximum atomic E-state index is 5.47. The van der Waals surface area contributed by atoms with Gasteiger partial charge in [-0.05, 0) is 13.5 Å². The largest absolute Gasteiger partial charge is 0.379 e. The highest BCUT2D eigenvalue weighted by Crippen LogP contribution is 2.34. The van der Waals surface area contributed by atoms with E-state index in [0.717, 1.165) is 31.3 Å². The normalized spacial score (nSPS) is 19.9. The number of nitrogens with one attached hydrogen (secondary N) is 1. The lowest BCUT2D eigenvalue weighted by Gasteiger charge is -2.22. The summed E-state index contributed by atoms with van der Waals surface area (Å²) >= 11 is 1.80. The molecule has 1 aromatic rings. The van der Waals surface area contributed by atoms with Gasteiger partial charge in [-0.15, -0.1) is 11.3 Å². The van der Waals surface area contributed by atoms with Gasteiger partial charge in [-0.2, -0.15) is 0 Å². The second kappa shape index (κ2) is 5.77. The Kier molecular flexibility index (Phi) is 4.48.